The quantitative estimate of drug-likeness (QED) is 0.784. The molecule has 1 rings (SSSR count). The summed E-state index contributed by atoms with van der Waals surface area (Å²) in [6, 6.07) is 6.19. The van der Waals surface area contributed by atoms with Crippen LogP contribution in [0.1, 0.15) is 37.5 Å². The monoisotopic (exact) mass is 358 g/mol. The number of nitriles is 1. The Kier molecular flexibility index (Phi) is 7.34. The third-order valence-electron chi connectivity index (χ3n) is 4.55. The lowest BCUT2D eigenvalue weighted by atomic mass is 9.90. The van der Waals surface area contributed by atoms with Gasteiger partial charge in [0.2, 0.25) is 11.8 Å². The second-order valence-corrected chi connectivity index (χ2v) is 7.51. The van der Waals surface area contributed by atoms with Crippen LogP contribution in [0.2, 0.25) is 0 Å². The Balaban J connectivity index is 2.63. The molecule has 0 aliphatic heterocycles. The molecule has 6 nitrogen and oxygen atoms in total. The first-order chi connectivity index (χ1) is 12.0. The number of likely N-dealkylation sites (N-methyl/N-ethyl adjacent to an activating group) is 1. The average molecular weight is 358 g/mol. The van der Waals surface area contributed by atoms with Crippen LogP contribution in [0.5, 0.6) is 0 Å². The first-order valence-electron chi connectivity index (χ1n) is 8.77. The molecule has 1 aromatic carbocycles. The molecular weight excluding hydrogens is 328 g/mol. The summed E-state index contributed by atoms with van der Waals surface area (Å²) in [5, 5.41) is 14.9. The zero-order valence-corrected chi connectivity index (χ0v) is 16.9. The lowest BCUT2D eigenvalue weighted by molar-refractivity contribution is -0.124. The van der Waals surface area contributed by atoms with Crippen molar-refractivity contribution in [3.8, 4) is 6.07 Å². The van der Waals surface area contributed by atoms with Crippen LogP contribution in [0.25, 0.3) is 0 Å². The minimum absolute atomic E-state index is 0.0162. The highest BCUT2D eigenvalue weighted by Gasteiger charge is 2.30. The summed E-state index contributed by atoms with van der Waals surface area (Å²) in [4.78, 5) is 26.1. The Morgan fingerprint density at radius 2 is 1.65 bits per heavy atom. The summed E-state index contributed by atoms with van der Waals surface area (Å²) in [5.74, 6) is -0.472. The van der Waals surface area contributed by atoms with Crippen LogP contribution in [-0.2, 0) is 9.59 Å². The number of carbonyl (C=O) groups is 2. The molecule has 0 saturated heterocycles. The fourth-order valence-corrected chi connectivity index (χ4v) is 2.73. The zero-order valence-electron chi connectivity index (χ0n) is 16.9. The van der Waals surface area contributed by atoms with Gasteiger partial charge in [0.05, 0.1) is 19.2 Å². The van der Waals surface area contributed by atoms with Gasteiger partial charge in [-0.1, -0.05) is 31.5 Å². The average Bonchev–Trinajstić information content (AvgIpc) is 2.49. The molecule has 0 bridgehead atoms. The topological polar surface area (TPSA) is 85.2 Å². The molecule has 2 amide bonds. The van der Waals surface area contributed by atoms with Crippen molar-refractivity contribution in [1.82, 2.24) is 10.2 Å². The first kappa shape index (κ1) is 21.7. The van der Waals surface area contributed by atoms with E-state index in [-0.39, 0.29) is 30.8 Å². The maximum Gasteiger partial charge on any atom is 0.238 e. The lowest BCUT2D eigenvalue weighted by Crippen LogP contribution is -2.51. The maximum atomic E-state index is 12.3. The van der Waals surface area contributed by atoms with Gasteiger partial charge in [0.25, 0.3) is 0 Å². The Bertz CT molecular complexity index is 698. The number of nitrogens with one attached hydrogen (secondary N) is 2. The van der Waals surface area contributed by atoms with Crippen molar-refractivity contribution in [2.24, 2.45) is 5.92 Å². The van der Waals surface area contributed by atoms with E-state index in [2.05, 4.69) is 16.7 Å². The number of hydrogen-bond acceptors (Lipinski definition) is 4. The van der Waals surface area contributed by atoms with Crippen LogP contribution >= 0.6 is 0 Å². The van der Waals surface area contributed by atoms with Gasteiger partial charge in [-0.15, -0.1) is 0 Å². The van der Waals surface area contributed by atoms with Gasteiger partial charge >= 0.3 is 0 Å². The highest BCUT2D eigenvalue weighted by atomic mass is 16.2. The molecule has 6 heteroatoms. The molecule has 0 unspecified atom stereocenters. The van der Waals surface area contributed by atoms with Crippen molar-refractivity contribution < 1.29 is 9.59 Å². The molecule has 26 heavy (non-hydrogen) atoms. The molecule has 142 valence electrons. The SMILES string of the molecule is Cc1cc(C)c(NC(=O)CN(C)CC(=O)N[C@](C)(C#N)C(C)C)c(C)c1. The standard InChI is InChI=1S/C20H30N4O2/c1-13(2)20(6,12-21)23-18(26)11-24(7)10-17(25)22-19-15(4)8-14(3)9-16(19)5/h8-9,13H,10-11H2,1-7H3,(H,22,25)(H,23,26)/t20-/m1/s1. The molecule has 1 aromatic rings. The largest absolute Gasteiger partial charge is 0.337 e. The van der Waals surface area contributed by atoms with E-state index in [1.807, 2.05) is 46.8 Å². The lowest BCUT2D eigenvalue weighted by Gasteiger charge is -2.28. The van der Waals surface area contributed by atoms with Crippen molar-refractivity contribution >= 4 is 17.5 Å². The Labute approximate surface area is 156 Å². The fraction of sp³-hybridized carbons (Fsp3) is 0.550. The third kappa shape index (κ3) is 5.85. The summed E-state index contributed by atoms with van der Waals surface area (Å²) >= 11 is 0. The molecular formula is C20H30N4O2. The molecule has 0 heterocycles. The zero-order chi connectivity index (χ0) is 20.1. The van der Waals surface area contributed by atoms with E-state index in [0.717, 1.165) is 22.4 Å². The number of nitrogens with zero attached hydrogens (tertiary/aromatic N) is 2. The highest BCUT2D eigenvalue weighted by molar-refractivity contribution is 5.94. The summed E-state index contributed by atoms with van der Waals surface area (Å²) in [5.41, 5.74) is 3.07. The highest BCUT2D eigenvalue weighted by Crippen LogP contribution is 2.21. The Morgan fingerprint density at radius 1 is 1.15 bits per heavy atom. The van der Waals surface area contributed by atoms with Crippen LogP contribution in [0.4, 0.5) is 5.69 Å². The van der Waals surface area contributed by atoms with Crippen LogP contribution in [0.3, 0.4) is 0 Å². The number of aryl methyl sites for hydroxylation is 3. The minimum Gasteiger partial charge on any atom is -0.337 e. The molecule has 0 aliphatic rings. The number of carbonyl (C=O) groups excluding carboxylic acids is 2. The normalized spacial score (nSPS) is 13.2. The smallest absolute Gasteiger partial charge is 0.238 e. The summed E-state index contributed by atoms with van der Waals surface area (Å²) in [6.07, 6.45) is 0. The summed E-state index contributed by atoms with van der Waals surface area (Å²) in [6.45, 7) is 11.5. The second kappa shape index (κ2) is 8.81. The molecule has 0 fully saturated rings. The van der Waals surface area contributed by atoms with Crippen molar-refractivity contribution in [2.45, 2.75) is 47.1 Å². The molecule has 2 N–H and O–H groups in total. The van der Waals surface area contributed by atoms with Gasteiger partial charge in [0, 0.05) is 5.69 Å². The van der Waals surface area contributed by atoms with Gasteiger partial charge in [-0.3, -0.25) is 14.5 Å². The van der Waals surface area contributed by atoms with Gasteiger partial charge in [0.15, 0.2) is 0 Å². The molecule has 0 aromatic heterocycles. The number of anilines is 1. The third-order valence-corrected chi connectivity index (χ3v) is 4.55. The van der Waals surface area contributed by atoms with E-state index in [9.17, 15) is 14.9 Å². The van der Waals surface area contributed by atoms with E-state index in [1.54, 1.807) is 18.9 Å². The van der Waals surface area contributed by atoms with Gasteiger partial charge in [-0.2, -0.15) is 5.26 Å². The maximum absolute atomic E-state index is 12.3. The second-order valence-electron chi connectivity index (χ2n) is 7.51. The van der Waals surface area contributed by atoms with Crippen LogP contribution in [0, 0.1) is 38.0 Å². The van der Waals surface area contributed by atoms with Crippen molar-refractivity contribution in [2.75, 3.05) is 25.5 Å². The van der Waals surface area contributed by atoms with Gasteiger partial charge in [-0.25, -0.2) is 0 Å². The van der Waals surface area contributed by atoms with Gasteiger partial charge in [0.1, 0.15) is 5.54 Å². The van der Waals surface area contributed by atoms with E-state index < -0.39 is 5.54 Å². The van der Waals surface area contributed by atoms with E-state index in [1.165, 1.54) is 0 Å². The molecule has 1 atom stereocenters. The van der Waals surface area contributed by atoms with Crippen LogP contribution in [-0.4, -0.2) is 42.4 Å². The van der Waals surface area contributed by atoms with Crippen molar-refractivity contribution in [3.05, 3.63) is 28.8 Å². The predicted molar refractivity (Wildman–Crippen MR) is 104 cm³/mol. The Hall–Kier alpha value is -2.39. The van der Waals surface area contributed by atoms with E-state index in [4.69, 9.17) is 0 Å². The van der Waals surface area contributed by atoms with Gasteiger partial charge < -0.3 is 10.6 Å². The van der Waals surface area contributed by atoms with Crippen molar-refractivity contribution in [3.63, 3.8) is 0 Å². The van der Waals surface area contributed by atoms with Crippen LogP contribution in [0.15, 0.2) is 12.1 Å². The molecule has 0 aliphatic carbocycles. The fourth-order valence-electron chi connectivity index (χ4n) is 2.73. The van der Waals surface area contributed by atoms with Crippen LogP contribution < -0.4 is 10.6 Å². The summed E-state index contributed by atoms with van der Waals surface area (Å²) < 4.78 is 0. The van der Waals surface area contributed by atoms with E-state index >= 15 is 0 Å². The van der Waals surface area contributed by atoms with Gasteiger partial charge in [-0.05, 0) is 51.8 Å². The Morgan fingerprint density at radius 3 is 2.12 bits per heavy atom. The predicted octanol–water partition coefficient (Wildman–Crippen LogP) is 2.54. The number of hydrogen-bond donors (Lipinski definition) is 2. The number of amides is 2. The summed E-state index contributed by atoms with van der Waals surface area (Å²) in [7, 11) is 1.70. The molecule has 0 saturated carbocycles. The minimum atomic E-state index is -0.920. The molecule has 0 radical (unpaired) electrons. The first-order valence-corrected chi connectivity index (χ1v) is 8.77. The van der Waals surface area contributed by atoms with Crippen molar-refractivity contribution in [1.29, 1.82) is 5.26 Å². The van der Waals surface area contributed by atoms with E-state index in [0.29, 0.717) is 0 Å². The number of rotatable bonds is 7. The molecule has 0 spiro atoms. The number of benzene rings is 1.